The summed E-state index contributed by atoms with van der Waals surface area (Å²) in [7, 11) is 0. The number of carbonyl (C=O) groups is 1. The molecule has 16 heavy (non-hydrogen) atoms. The third-order valence-electron chi connectivity index (χ3n) is 2.56. The predicted molar refractivity (Wildman–Crippen MR) is 60.2 cm³/mol. The van der Waals surface area contributed by atoms with Crippen LogP contribution in [0.2, 0.25) is 0 Å². The molecule has 0 aromatic carbocycles. The Bertz CT molecular complexity index is 427. The van der Waals surface area contributed by atoms with Crippen LogP contribution in [0.4, 0.5) is 0 Å². The highest BCUT2D eigenvalue weighted by molar-refractivity contribution is 5.89. The zero-order chi connectivity index (χ0) is 12.1. The molecule has 0 aliphatic carbocycles. The standard InChI is InChI=1S/C12H16N2O2/c1-4-16-12(15)11-8(2)10(6-5-7-13)9(3)14-11/h14H,4-6H2,1-3H3. The van der Waals surface area contributed by atoms with Gasteiger partial charge in [0.25, 0.3) is 0 Å². The molecule has 1 aromatic rings. The third-order valence-corrected chi connectivity index (χ3v) is 2.56. The van der Waals surface area contributed by atoms with E-state index in [0.717, 1.165) is 16.8 Å². The van der Waals surface area contributed by atoms with Crippen LogP contribution in [0.5, 0.6) is 0 Å². The zero-order valence-electron chi connectivity index (χ0n) is 9.89. The maximum Gasteiger partial charge on any atom is 0.355 e. The Morgan fingerprint density at radius 3 is 2.75 bits per heavy atom. The molecular weight excluding hydrogens is 204 g/mol. The van der Waals surface area contributed by atoms with E-state index in [0.29, 0.717) is 25.1 Å². The van der Waals surface area contributed by atoms with Crippen LogP contribution >= 0.6 is 0 Å². The summed E-state index contributed by atoms with van der Waals surface area (Å²) in [6, 6.07) is 2.10. The van der Waals surface area contributed by atoms with Crippen LogP contribution < -0.4 is 0 Å². The van der Waals surface area contributed by atoms with Crippen LogP contribution in [-0.2, 0) is 11.2 Å². The van der Waals surface area contributed by atoms with Gasteiger partial charge in [0.15, 0.2) is 0 Å². The van der Waals surface area contributed by atoms with Crippen molar-refractivity contribution < 1.29 is 9.53 Å². The summed E-state index contributed by atoms with van der Waals surface area (Å²) in [5, 5.41) is 8.56. The van der Waals surface area contributed by atoms with Crippen molar-refractivity contribution in [1.29, 1.82) is 5.26 Å². The second kappa shape index (κ2) is 5.36. The van der Waals surface area contributed by atoms with E-state index < -0.39 is 0 Å². The molecule has 4 nitrogen and oxygen atoms in total. The van der Waals surface area contributed by atoms with E-state index >= 15 is 0 Å². The van der Waals surface area contributed by atoms with Gasteiger partial charge in [-0.3, -0.25) is 0 Å². The number of ether oxygens (including phenoxy) is 1. The first-order chi connectivity index (χ1) is 7.61. The molecule has 1 heterocycles. The first-order valence-electron chi connectivity index (χ1n) is 5.33. The zero-order valence-corrected chi connectivity index (χ0v) is 9.89. The summed E-state index contributed by atoms with van der Waals surface area (Å²) in [4.78, 5) is 14.6. The maximum atomic E-state index is 11.6. The van der Waals surface area contributed by atoms with Crippen molar-refractivity contribution in [3.8, 4) is 6.07 Å². The van der Waals surface area contributed by atoms with Gasteiger partial charge in [-0.15, -0.1) is 0 Å². The first-order valence-corrected chi connectivity index (χ1v) is 5.33. The van der Waals surface area contributed by atoms with E-state index in [1.165, 1.54) is 0 Å². The number of carbonyl (C=O) groups excluding carboxylic acids is 1. The number of nitrogens with one attached hydrogen (secondary N) is 1. The lowest BCUT2D eigenvalue weighted by Crippen LogP contribution is -2.06. The Hall–Kier alpha value is -1.76. The van der Waals surface area contributed by atoms with Crippen molar-refractivity contribution in [1.82, 2.24) is 4.98 Å². The van der Waals surface area contributed by atoms with Crippen LogP contribution in [0.15, 0.2) is 0 Å². The molecule has 0 aliphatic heterocycles. The van der Waals surface area contributed by atoms with Crippen molar-refractivity contribution >= 4 is 5.97 Å². The number of esters is 1. The molecule has 0 radical (unpaired) electrons. The number of H-pyrrole nitrogens is 1. The Kier molecular flexibility index (Phi) is 4.12. The minimum atomic E-state index is -0.327. The van der Waals surface area contributed by atoms with Crippen molar-refractivity contribution in [2.24, 2.45) is 0 Å². The summed E-state index contributed by atoms with van der Waals surface area (Å²) in [6.45, 7) is 5.92. The van der Waals surface area contributed by atoms with Gasteiger partial charge < -0.3 is 9.72 Å². The van der Waals surface area contributed by atoms with Crippen LogP contribution in [0.25, 0.3) is 0 Å². The average molecular weight is 220 g/mol. The van der Waals surface area contributed by atoms with Gasteiger partial charge in [-0.2, -0.15) is 5.26 Å². The fourth-order valence-electron chi connectivity index (χ4n) is 1.75. The van der Waals surface area contributed by atoms with Crippen molar-refractivity contribution in [2.75, 3.05) is 6.61 Å². The molecule has 0 aliphatic rings. The van der Waals surface area contributed by atoms with Gasteiger partial charge in [0.2, 0.25) is 0 Å². The Morgan fingerprint density at radius 2 is 2.19 bits per heavy atom. The molecule has 1 N–H and O–H groups in total. The first kappa shape index (κ1) is 12.3. The van der Waals surface area contributed by atoms with Crippen LogP contribution in [0.1, 0.15) is 40.7 Å². The van der Waals surface area contributed by atoms with Gasteiger partial charge in [0, 0.05) is 12.1 Å². The minimum Gasteiger partial charge on any atom is -0.461 e. The molecule has 0 spiro atoms. The molecule has 0 fully saturated rings. The van der Waals surface area contributed by atoms with E-state index in [-0.39, 0.29) is 5.97 Å². The fourth-order valence-corrected chi connectivity index (χ4v) is 1.75. The van der Waals surface area contributed by atoms with Crippen molar-refractivity contribution in [3.05, 3.63) is 22.5 Å². The SMILES string of the molecule is CCOC(=O)c1[nH]c(C)c(CCC#N)c1C. The summed E-state index contributed by atoms with van der Waals surface area (Å²) in [5.74, 6) is -0.327. The van der Waals surface area contributed by atoms with E-state index in [4.69, 9.17) is 10.00 Å². The number of aryl methyl sites for hydroxylation is 1. The minimum absolute atomic E-state index is 0.327. The lowest BCUT2D eigenvalue weighted by molar-refractivity contribution is 0.0519. The highest BCUT2D eigenvalue weighted by Crippen LogP contribution is 2.20. The van der Waals surface area contributed by atoms with Gasteiger partial charge >= 0.3 is 5.97 Å². The summed E-state index contributed by atoms with van der Waals surface area (Å²) < 4.78 is 4.95. The molecule has 4 heteroatoms. The normalized spacial score (nSPS) is 9.88. The molecule has 0 unspecified atom stereocenters. The highest BCUT2D eigenvalue weighted by atomic mass is 16.5. The lowest BCUT2D eigenvalue weighted by Gasteiger charge is -2.01. The number of aromatic nitrogens is 1. The molecule has 1 aromatic heterocycles. The number of nitriles is 1. The molecule has 0 amide bonds. The van der Waals surface area contributed by atoms with E-state index in [1.807, 2.05) is 13.8 Å². The second-order valence-corrected chi connectivity index (χ2v) is 3.61. The molecule has 0 saturated carbocycles. The monoisotopic (exact) mass is 220 g/mol. The van der Waals surface area contributed by atoms with Gasteiger partial charge in [-0.05, 0) is 38.3 Å². The Morgan fingerprint density at radius 1 is 1.50 bits per heavy atom. The molecule has 0 atom stereocenters. The Balaban J connectivity index is 2.97. The topological polar surface area (TPSA) is 65.9 Å². The van der Waals surface area contributed by atoms with E-state index in [1.54, 1.807) is 6.92 Å². The molecular formula is C12H16N2O2. The molecule has 86 valence electrons. The fraction of sp³-hybridized carbons (Fsp3) is 0.500. The van der Waals surface area contributed by atoms with Crippen LogP contribution in [0, 0.1) is 25.2 Å². The van der Waals surface area contributed by atoms with Gasteiger partial charge in [-0.1, -0.05) is 0 Å². The number of hydrogen-bond acceptors (Lipinski definition) is 3. The van der Waals surface area contributed by atoms with E-state index in [9.17, 15) is 4.79 Å². The summed E-state index contributed by atoms with van der Waals surface area (Å²) in [6.07, 6.45) is 1.13. The third kappa shape index (κ3) is 2.43. The van der Waals surface area contributed by atoms with Gasteiger partial charge in [0.05, 0.1) is 12.7 Å². The number of aromatic amines is 1. The van der Waals surface area contributed by atoms with Crippen LogP contribution in [0.3, 0.4) is 0 Å². The van der Waals surface area contributed by atoms with E-state index in [2.05, 4.69) is 11.1 Å². The second-order valence-electron chi connectivity index (χ2n) is 3.61. The largest absolute Gasteiger partial charge is 0.461 e. The number of hydrogen-bond donors (Lipinski definition) is 1. The highest BCUT2D eigenvalue weighted by Gasteiger charge is 2.17. The molecule has 1 rings (SSSR count). The molecule has 0 saturated heterocycles. The average Bonchev–Trinajstić information content (AvgIpc) is 2.53. The molecule has 0 bridgehead atoms. The predicted octanol–water partition coefficient (Wildman–Crippen LogP) is 2.26. The van der Waals surface area contributed by atoms with Gasteiger partial charge in [-0.25, -0.2) is 4.79 Å². The lowest BCUT2D eigenvalue weighted by atomic mass is 10.1. The maximum absolute atomic E-state index is 11.6. The van der Waals surface area contributed by atoms with Crippen molar-refractivity contribution in [3.63, 3.8) is 0 Å². The number of rotatable bonds is 4. The summed E-state index contributed by atoms with van der Waals surface area (Å²) >= 11 is 0. The van der Waals surface area contributed by atoms with Crippen molar-refractivity contribution in [2.45, 2.75) is 33.6 Å². The van der Waals surface area contributed by atoms with Crippen LogP contribution in [-0.4, -0.2) is 17.6 Å². The van der Waals surface area contributed by atoms with Gasteiger partial charge in [0.1, 0.15) is 5.69 Å². The Labute approximate surface area is 95.2 Å². The summed E-state index contributed by atoms with van der Waals surface area (Å²) in [5.41, 5.74) is 3.39. The smallest absolute Gasteiger partial charge is 0.355 e. The number of nitrogens with zero attached hydrogens (tertiary/aromatic N) is 1. The quantitative estimate of drug-likeness (QED) is 0.791.